The predicted molar refractivity (Wildman–Crippen MR) is 58.5 cm³/mol. The van der Waals surface area contributed by atoms with Crippen molar-refractivity contribution in [3.05, 3.63) is 53.4 Å². The zero-order valence-corrected chi connectivity index (χ0v) is 8.94. The first-order chi connectivity index (χ1) is 7.24. The van der Waals surface area contributed by atoms with Gasteiger partial charge in [0.2, 0.25) is 0 Å². The van der Waals surface area contributed by atoms with Gasteiger partial charge in [-0.3, -0.25) is 0 Å². The van der Waals surface area contributed by atoms with Crippen LogP contribution in [0, 0.1) is 13.8 Å². The molecule has 1 heterocycles. The zero-order chi connectivity index (χ0) is 10.7. The van der Waals surface area contributed by atoms with Crippen LogP contribution in [0.3, 0.4) is 0 Å². The Morgan fingerprint density at radius 3 is 2.07 bits per heavy atom. The summed E-state index contributed by atoms with van der Waals surface area (Å²) >= 11 is 0. The fourth-order valence-electron chi connectivity index (χ4n) is 1.54. The van der Waals surface area contributed by atoms with Crippen LogP contribution in [-0.4, -0.2) is 15.0 Å². The Morgan fingerprint density at radius 2 is 1.47 bits per heavy atom. The molecule has 0 bridgehead atoms. The first-order valence-electron chi connectivity index (χ1n) is 4.96. The standard InChI is InChI=1S/C12H13N3/c1-9-13-10(2)15-12(14-9)8-11-6-4-3-5-7-11/h3-7H,8H2,1-2H3. The van der Waals surface area contributed by atoms with E-state index in [0.717, 1.165) is 23.9 Å². The summed E-state index contributed by atoms with van der Waals surface area (Å²) in [6.45, 7) is 3.78. The van der Waals surface area contributed by atoms with Gasteiger partial charge in [-0.05, 0) is 19.4 Å². The van der Waals surface area contributed by atoms with Gasteiger partial charge in [0, 0.05) is 6.42 Å². The molecule has 0 fully saturated rings. The average molecular weight is 199 g/mol. The van der Waals surface area contributed by atoms with Crippen molar-refractivity contribution in [1.82, 2.24) is 15.0 Å². The van der Waals surface area contributed by atoms with E-state index in [4.69, 9.17) is 0 Å². The Hall–Kier alpha value is -1.77. The largest absolute Gasteiger partial charge is 0.219 e. The van der Waals surface area contributed by atoms with Gasteiger partial charge in [-0.15, -0.1) is 0 Å². The molecular weight excluding hydrogens is 186 g/mol. The van der Waals surface area contributed by atoms with Crippen molar-refractivity contribution < 1.29 is 0 Å². The van der Waals surface area contributed by atoms with Crippen molar-refractivity contribution in [2.45, 2.75) is 20.3 Å². The van der Waals surface area contributed by atoms with Crippen LogP contribution in [0.4, 0.5) is 0 Å². The van der Waals surface area contributed by atoms with Crippen LogP contribution >= 0.6 is 0 Å². The minimum Gasteiger partial charge on any atom is -0.219 e. The molecule has 0 aliphatic rings. The highest BCUT2D eigenvalue weighted by molar-refractivity contribution is 5.18. The van der Waals surface area contributed by atoms with E-state index in [2.05, 4.69) is 27.1 Å². The molecule has 0 saturated heterocycles. The Bertz CT molecular complexity index is 431. The summed E-state index contributed by atoms with van der Waals surface area (Å²) in [5.74, 6) is 2.41. The van der Waals surface area contributed by atoms with Crippen LogP contribution in [0.1, 0.15) is 23.0 Å². The number of benzene rings is 1. The van der Waals surface area contributed by atoms with E-state index in [1.54, 1.807) is 0 Å². The molecule has 1 aromatic heterocycles. The smallest absolute Gasteiger partial charge is 0.136 e. The van der Waals surface area contributed by atoms with Crippen molar-refractivity contribution in [3.8, 4) is 0 Å². The number of nitrogens with zero attached hydrogens (tertiary/aromatic N) is 3. The Balaban J connectivity index is 2.25. The Kier molecular flexibility index (Phi) is 2.72. The molecule has 0 amide bonds. The number of aryl methyl sites for hydroxylation is 2. The number of hydrogen-bond donors (Lipinski definition) is 0. The molecule has 76 valence electrons. The molecule has 0 atom stereocenters. The zero-order valence-electron chi connectivity index (χ0n) is 8.94. The summed E-state index contributed by atoms with van der Waals surface area (Å²) in [6, 6.07) is 10.2. The third-order valence-corrected chi connectivity index (χ3v) is 2.11. The van der Waals surface area contributed by atoms with E-state index in [1.165, 1.54) is 5.56 Å². The summed E-state index contributed by atoms with van der Waals surface area (Å²) in [6.07, 6.45) is 0.769. The maximum Gasteiger partial charge on any atom is 0.136 e. The lowest BCUT2D eigenvalue weighted by atomic mass is 10.1. The lowest BCUT2D eigenvalue weighted by Gasteiger charge is -2.02. The first-order valence-corrected chi connectivity index (χ1v) is 4.96. The lowest BCUT2D eigenvalue weighted by Crippen LogP contribution is -2.03. The van der Waals surface area contributed by atoms with Crippen LogP contribution < -0.4 is 0 Å². The molecule has 0 unspecified atom stereocenters. The van der Waals surface area contributed by atoms with Gasteiger partial charge in [-0.1, -0.05) is 30.3 Å². The molecule has 0 radical (unpaired) electrons. The predicted octanol–water partition coefficient (Wildman–Crippen LogP) is 2.08. The highest BCUT2D eigenvalue weighted by Crippen LogP contribution is 2.05. The molecule has 0 aliphatic heterocycles. The van der Waals surface area contributed by atoms with Gasteiger partial charge >= 0.3 is 0 Å². The minimum atomic E-state index is 0.769. The Labute approximate surface area is 89.2 Å². The van der Waals surface area contributed by atoms with E-state index in [1.807, 2.05) is 32.0 Å². The van der Waals surface area contributed by atoms with E-state index in [9.17, 15) is 0 Å². The van der Waals surface area contributed by atoms with Gasteiger partial charge in [-0.25, -0.2) is 15.0 Å². The molecule has 0 saturated carbocycles. The molecule has 2 aromatic rings. The molecule has 3 heteroatoms. The second-order valence-electron chi connectivity index (χ2n) is 3.51. The number of aromatic nitrogens is 3. The van der Waals surface area contributed by atoms with Crippen LogP contribution in [0.15, 0.2) is 30.3 Å². The Morgan fingerprint density at radius 1 is 0.867 bits per heavy atom. The van der Waals surface area contributed by atoms with Crippen molar-refractivity contribution in [1.29, 1.82) is 0 Å². The van der Waals surface area contributed by atoms with E-state index in [0.29, 0.717) is 0 Å². The highest BCUT2D eigenvalue weighted by atomic mass is 15.0. The van der Waals surface area contributed by atoms with Gasteiger partial charge in [0.25, 0.3) is 0 Å². The maximum absolute atomic E-state index is 4.31. The van der Waals surface area contributed by atoms with Crippen molar-refractivity contribution >= 4 is 0 Å². The number of rotatable bonds is 2. The van der Waals surface area contributed by atoms with Crippen molar-refractivity contribution in [2.75, 3.05) is 0 Å². The van der Waals surface area contributed by atoms with Gasteiger partial charge in [0.1, 0.15) is 17.5 Å². The molecule has 15 heavy (non-hydrogen) atoms. The van der Waals surface area contributed by atoms with Gasteiger partial charge in [0.05, 0.1) is 0 Å². The van der Waals surface area contributed by atoms with E-state index >= 15 is 0 Å². The molecule has 3 nitrogen and oxygen atoms in total. The fourth-order valence-corrected chi connectivity index (χ4v) is 1.54. The first kappa shape index (κ1) is 9.77. The topological polar surface area (TPSA) is 38.7 Å². The molecule has 1 aromatic carbocycles. The van der Waals surface area contributed by atoms with Crippen molar-refractivity contribution in [3.63, 3.8) is 0 Å². The van der Waals surface area contributed by atoms with Gasteiger partial charge < -0.3 is 0 Å². The average Bonchev–Trinajstić information content (AvgIpc) is 2.17. The van der Waals surface area contributed by atoms with Crippen LogP contribution in [0.2, 0.25) is 0 Å². The molecular formula is C12H13N3. The third-order valence-electron chi connectivity index (χ3n) is 2.11. The molecule has 2 rings (SSSR count). The second kappa shape index (κ2) is 4.17. The summed E-state index contributed by atoms with van der Waals surface area (Å²) in [5.41, 5.74) is 1.22. The van der Waals surface area contributed by atoms with E-state index in [-0.39, 0.29) is 0 Å². The summed E-state index contributed by atoms with van der Waals surface area (Å²) in [5, 5.41) is 0. The van der Waals surface area contributed by atoms with Crippen LogP contribution in [0.5, 0.6) is 0 Å². The quantitative estimate of drug-likeness (QED) is 0.743. The highest BCUT2D eigenvalue weighted by Gasteiger charge is 2.01. The molecule has 0 spiro atoms. The normalized spacial score (nSPS) is 10.3. The summed E-state index contributed by atoms with van der Waals surface area (Å²) in [4.78, 5) is 12.8. The molecule has 0 aliphatic carbocycles. The second-order valence-corrected chi connectivity index (χ2v) is 3.51. The SMILES string of the molecule is Cc1nc(C)nc(Cc2ccccc2)n1. The fraction of sp³-hybridized carbons (Fsp3) is 0.250. The molecule has 0 N–H and O–H groups in total. The minimum absolute atomic E-state index is 0.769. The van der Waals surface area contributed by atoms with E-state index < -0.39 is 0 Å². The van der Waals surface area contributed by atoms with Gasteiger partial charge in [-0.2, -0.15) is 0 Å². The third kappa shape index (κ3) is 2.59. The van der Waals surface area contributed by atoms with Crippen LogP contribution in [0.25, 0.3) is 0 Å². The maximum atomic E-state index is 4.31. The summed E-state index contributed by atoms with van der Waals surface area (Å²) < 4.78 is 0. The van der Waals surface area contributed by atoms with Crippen LogP contribution in [-0.2, 0) is 6.42 Å². The monoisotopic (exact) mass is 199 g/mol. The number of hydrogen-bond acceptors (Lipinski definition) is 3. The van der Waals surface area contributed by atoms with Crippen molar-refractivity contribution in [2.24, 2.45) is 0 Å². The van der Waals surface area contributed by atoms with Gasteiger partial charge in [0.15, 0.2) is 0 Å². The lowest BCUT2D eigenvalue weighted by molar-refractivity contribution is 0.843. The summed E-state index contributed by atoms with van der Waals surface area (Å²) in [7, 11) is 0.